The summed E-state index contributed by atoms with van der Waals surface area (Å²) in [5.41, 5.74) is 3.25. The molecule has 0 bridgehead atoms. The molecule has 3 nitrogen and oxygen atoms in total. The second-order valence-electron chi connectivity index (χ2n) is 4.37. The van der Waals surface area contributed by atoms with Crippen LogP contribution in [0.15, 0.2) is 60.9 Å². The number of para-hydroxylation sites is 1. The number of pyridine rings is 2. The second kappa shape index (κ2) is 5.48. The number of fused-ring (bicyclic) bond motifs is 1. The van der Waals surface area contributed by atoms with E-state index >= 15 is 0 Å². The van der Waals surface area contributed by atoms with E-state index in [9.17, 15) is 0 Å². The maximum absolute atomic E-state index is 4.36. The lowest BCUT2D eigenvalue weighted by Gasteiger charge is -2.08. The number of rotatable bonds is 4. The van der Waals surface area contributed by atoms with E-state index in [2.05, 4.69) is 21.4 Å². The van der Waals surface area contributed by atoms with Gasteiger partial charge in [0.15, 0.2) is 0 Å². The van der Waals surface area contributed by atoms with E-state index in [1.807, 2.05) is 54.9 Å². The van der Waals surface area contributed by atoms with Crippen LogP contribution in [0.25, 0.3) is 10.9 Å². The van der Waals surface area contributed by atoms with Crippen molar-refractivity contribution in [3.63, 3.8) is 0 Å². The predicted molar refractivity (Wildman–Crippen MR) is 78.2 cm³/mol. The molecule has 0 aliphatic carbocycles. The molecular formula is C16H15N3. The van der Waals surface area contributed by atoms with Crippen LogP contribution in [0.5, 0.6) is 0 Å². The SMILES string of the molecule is c1ccc(CCNc2ccnc3ccccc23)nc1. The van der Waals surface area contributed by atoms with E-state index in [1.54, 1.807) is 0 Å². The van der Waals surface area contributed by atoms with Gasteiger partial charge in [0.25, 0.3) is 0 Å². The summed E-state index contributed by atoms with van der Waals surface area (Å²) in [7, 11) is 0. The monoisotopic (exact) mass is 249 g/mol. The van der Waals surface area contributed by atoms with Crippen molar-refractivity contribution in [2.75, 3.05) is 11.9 Å². The first kappa shape index (κ1) is 11.7. The van der Waals surface area contributed by atoms with Crippen LogP contribution in [0.2, 0.25) is 0 Å². The summed E-state index contributed by atoms with van der Waals surface area (Å²) in [6.07, 6.45) is 4.58. The van der Waals surface area contributed by atoms with Gasteiger partial charge in [0.2, 0.25) is 0 Å². The molecule has 3 aromatic rings. The van der Waals surface area contributed by atoms with Gasteiger partial charge in [0, 0.05) is 42.1 Å². The molecule has 19 heavy (non-hydrogen) atoms. The maximum atomic E-state index is 4.36. The molecule has 0 unspecified atom stereocenters. The molecule has 1 aromatic carbocycles. The highest BCUT2D eigenvalue weighted by Gasteiger charge is 2.00. The Balaban J connectivity index is 1.72. The van der Waals surface area contributed by atoms with Gasteiger partial charge < -0.3 is 5.32 Å². The quantitative estimate of drug-likeness (QED) is 0.771. The molecule has 94 valence electrons. The molecule has 3 rings (SSSR count). The van der Waals surface area contributed by atoms with Gasteiger partial charge in [0.05, 0.1) is 5.52 Å². The Kier molecular flexibility index (Phi) is 3.36. The van der Waals surface area contributed by atoms with Crippen molar-refractivity contribution < 1.29 is 0 Å². The summed E-state index contributed by atoms with van der Waals surface area (Å²) in [6.45, 7) is 0.866. The largest absolute Gasteiger partial charge is 0.384 e. The number of hydrogen-bond acceptors (Lipinski definition) is 3. The van der Waals surface area contributed by atoms with E-state index in [-0.39, 0.29) is 0 Å². The van der Waals surface area contributed by atoms with E-state index < -0.39 is 0 Å². The van der Waals surface area contributed by atoms with Crippen LogP contribution in [-0.2, 0) is 6.42 Å². The summed E-state index contributed by atoms with van der Waals surface area (Å²) in [6, 6.07) is 16.2. The van der Waals surface area contributed by atoms with Crippen LogP contribution in [0, 0.1) is 0 Å². The van der Waals surface area contributed by atoms with Crippen molar-refractivity contribution in [2.24, 2.45) is 0 Å². The molecule has 2 heterocycles. The first-order chi connectivity index (χ1) is 9.43. The third-order valence-electron chi connectivity index (χ3n) is 3.07. The molecule has 0 radical (unpaired) electrons. The standard InChI is InChI=1S/C16H15N3/c1-2-7-15-14(6-1)16(9-12-19-15)18-11-8-13-5-3-4-10-17-13/h1-7,9-10,12H,8,11H2,(H,18,19). The van der Waals surface area contributed by atoms with Crippen LogP contribution in [0.4, 0.5) is 5.69 Å². The zero-order valence-electron chi connectivity index (χ0n) is 10.6. The average molecular weight is 249 g/mol. The van der Waals surface area contributed by atoms with Crippen molar-refractivity contribution in [3.05, 3.63) is 66.6 Å². The third-order valence-corrected chi connectivity index (χ3v) is 3.07. The predicted octanol–water partition coefficient (Wildman–Crippen LogP) is 3.28. The van der Waals surface area contributed by atoms with Crippen molar-refractivity contribution >= 4 is 16.6 Å². The van der Waals surface area contributed by atoms with Crippen LogP contribution >= 0.6 is 0 Å². The normalized spacial score (nSPS) is 10.5. The Hall–Kier alpha value is -2.42. The maximum Gasteiger partial charge on any atom is 0.0722 e. The average Bonchev–Trinajstić information content (AvgIpc) is 2.49. The smallest absolute Gasteiger partial charge is 0.0722 e. The minimum absolute atomic E-state index is 0.866. The molecule has 0 atom stereocenters. The molecule has 0 aliphatic rings. The molecule has 0 saturated heterocycles. The van der Waals surface area contributed by atoms with Crippen molar-refractivity contribution in [1.82, 2.24) is 9.97 Å². The fourth-order valence-corrected chi connectivity index (χ4v) is 2.12. The molecule has 0 fully saturated rings. The van der Waals surface area contributed by atoms with Crippen molar-refractivity contribution in [3.8, 4) is 0 Å². The number of benzene rings is 1. The summed E-state index contributed by atoms with van der Waals surface area (Å²) in [5.74, 6) is 0. The molecular weight excluding hydrogens is 234 g/mol. The van der Waals surface area contributed by atoms with E-state index in [0.717, 1.165) is 35.2 Å². The minimum Gasteiger partial charge on any atom is -0.384 e. The molecule has 2 aromatic heterocycles. The summed E-state index contributed by atoms with van der Waals surface area (Å²) < 4.78 is 0. The molecule has 3 heteroatoms. The number of hydrogen-bond donors (Lipinski definition) is 1. The lowest BCUT2D eigenvalue weighted by molar-refractivity contribution is 0.962. The Morgan fingerprint density at radius 3 is 2.63 bits per heavy atom. The van der Waals surface area contributed by atoms with Gasteiger partial charge in [-0.3, -0.25) is 9.97 Å². The minimum atomic E-state index is 0.866. The topological polar surface area (TPSA) is 37.8 Å². The Morgan fingerprint density at radius 1 is 0.842 bits per heavy atom. The lowest BCUT2D eigenvalue weighted by Crippen LogP contribution is -2.06. The summed E-state index contributed by atoms with van der Waals surface area (Å²) in [5, 5.41) is 4.61. The van der Waals surface area contributed by atoms with Gasteiger partial charge >= 0.3 is 0 Å². The van der Waals surface area contributed by atoms with Gasteiger partial charge in [0.1, 0.15) is 0 Å². The van der Waals surface area contributed by atoms with Gasteiger partial charge in [-0.1, -0.05) is 24.3 Å². The molecule has 1 N–H and O–H groups in total. The van der Waals surface area contributed by atoms with Crippen molar-refractivity contribution in [1.29, 1.82) is 0 Å². The summed E-state index contributed by atoms with van der Waals surface area (Å²) in [4.78, 5) is 8.68. The Morgan fingerprint density at radius 2 is 1.74 bits per heavy atom. The fraction of sp³-hybridized carbons (Fsp3) is 0.125. The highest BCUT2D eigenvalue weighted by Crippen LogP contribution is 2.20. The van der Waals surface area contributed by atoms with E-state index in [0.29, 0.717) is 0 Å². The number of nitrogens with one attached hydrogen (secondary N) is 1. The summed E-state index contributed by atoms with van der Waals surface area (Å²) >= 11 is 0. The first-order valence-corrected chi connectivity index (χ1v) is 6.41. The Labute approximate surface area is 112 Å². The Bertz CT molecular complexity index is 660. The van der Waals surface area contributed by atoms with Crippen LogP contribution in [0.1, 0.15) is 5.69 Å². The van der Waals surface area contributed by atoms with E-state index in [4.69, 9.17) is 0 Å². The number of aromatic nitrogens is 2. The van der Waals surface area contributed by atoms with Gasteiger partial charge in [-0.05, 0) is 24.3 Å². The lowest BCUT2D eigenvalue weighted by atomic mass is 10.2. The molecule has 0 spiro atoms. The highest BCUT2D eigenvalue weighted by molar-refractivity contribution is 5.90. The molecule has 0 amide bonds. The highest BCUT2D eigenvalue weighted by atomic mass is 14.9. The second-order valence-corrected chi connectivity index (χ2v) is 4.37. The van der Waals surface area contributed by atoms with Gasteiger partial charge in [-0.15, -0.1) is 0 Å². The number of nitrogens with zero attached hydrogens (tertiary/aromatic N) is 2. The zero-order valence-corrected chi connectivity index (χ0v) is 10.6. The van der Waals surface area contributed by atoms with Crippen LogP contribution < -0.4 is 5.32 Å². The van der Waals surface area contributed by atoms with Crippen LogP contribution in [0.3, 0.4) is 0 Å². The first-order valence-electron chi connectivity index (χ1n) is 6.41. The van der Waals surface area contributed by atoms with Crippen LogP contribution in [-0.4, -0.2) is 16.5 Å². The zero-order chi connectivity index (χ0) is 12.9. The van der Waals surface area contributed by atoms with Gasteiger partial charge in [-0.2, -0.15) is 0 Å². The molecule has 0 saturated carbocycles. The van der Waals surface area contributed by atoms with Gasteiger partial charge in [-0.25, -0.2) is 0 Å². The fourth-order valence-electron chi connectivity index (χ4n) is 2.12. The third kappa shape index (κ3) is 2.71. The molecule has 0 aliphatic heterocycles. The van der Waals surface area contributed by atoms with E-state index in [1.165, 1.54) is 0 Å². The van der Waals surface area contributed by atoms with Crippen molar-refractivity contribution in [2.45, 2.75) is 6.42 Å². The number of anilines is 1.